The smallest absolute Gasteiger partial charge is 0.252 e. The van der Waals surface area contributed by atoms with Crippen LogP contribution in [0, 0.1) is 11.7 Å². The summed E-state index contributed by atoms with van der Waals surface area (Å²) >= 11 is 7.68. The quantitative estimate of drug-likeness (QED) is 0.684. The molecular weight excluding hydrogens is 385 g/mol. The second-order valence-electron chi connectivity index (χ2n) is 6.73. The molecule has 2 aromatic carbocycles. The lowest BCUT2D eigenvalue weighted by Gasteiger charge is -2.31. The Labute approximate surface area is 166 Å². The van der Waals surface area contributed by atoms with E-state index in [2.05, 4.69) is 16.3 Å². The molecule has 0 atom stereocenters. The first kappa shape index (κ1) is 18.2. The Hall–Kier alpha value is -2.18. The van der Waals surface area contributed by atoms with Crippen LogP contribution in [0.5, 0.6) is 0 Å². The third-order valence-corrected chi connectivity index (χ3v) is 6.30. The van der Waals surface area contributed by atoms with E-state index in [1.165, 1.54) is 16.8 Å². The Morgan fingerprint density at radius 2 is 2.04 bits per heavy atom. The van der Waals surface area contributed by atoms with Gasteiger partial charge in [0.1, 0.15) is 5.82 Å². The average molecular weight is 404 g/mol. The van der Waals surface area contributed by atoms with Gasteiger partial charge in [-0.1, -0.05) is 35.1 Å². The number of aromatic nitrogens is 1. The number of benzene rings is 2. The van der Waals surface area contributed by atoms with Crippen molar-refractivity contribution in [3.05, 3.63) is 58.9 Å². The lowest BCUT2D eigenvalue weighted by atomic mass is 9.97. The number of halogens is 2. The van der Waals surface area contributed by atoms with Crippen molar-refractivity contribution in [3.63, 3.8) is 0 Å². The summed E-state index contributed by atoms with van der Waals surface area (Å²) in [7, 11) is 0. The minimum atomic E-state index is -0.446. The molecule has 1 aromatic heterocycles. The van der Waals surface area contributed by atoms with Crippen molar-refractivity contribution in [2.24, 2.45) is 5.92 Å². The zero-order valence-corrected chi connectivity index (χ0v) is 16.2. The number of fused-ring (bicyclic) bond motifs is 1. The maximum absolute atomic E-state index is 13.1. The Bertz CT molecular complexity index is 936. The summed E-state index contributed by atoms with van der Waals surface area (Å²) in [5, 5.41) is 4.13. The van der Waals surface area contributed by atoms with Crippen LogP contribution in [0.1, 0.15) is 23.2 Å². The minimum Gasteiger partial charge on any atom is -0.352 e. The molecule has 1 N–H and O–H groups in total. The van der Waals surface area contributed by atoms with Gasteiger partial charge in [0.2, 0.25) is 0 Å². The number of nitrogens with one attached hydrogen (secondary N) is 1. The van der Waals surface area contributed by atoms with Gasteiger partial charge in [-0.15, -0.1) is 0 Å². The molecule has 0 radical (unpaired) electrons. The van der Waals surface area contributed by atoms with Gasteiger partial charge in [-0.2, -0.15) is 0 Å². The van der Waals surface area contributed by atoms with Crippen LogP contribution in [0.25, 0.3) is 10.2 Å². The molecule has 0 aliphatic carbocycles. The van der Waals surface area contributed by atoms with Gasteiger partial charge in [-0.3, -0.25) is 4.79 Å². The number of hydrogen-bond donors (Lipinski definition) is 1. The van der Waals surface area contributed by atoms with Crippen LogP contribution in [0.2, 0.25) is 5.02 Å². The Kier molecular flexibility index (Phi) is 5.27. The molecule has 4 rings (SSSR count). The highest BCUT2D eigenvalue weighted by molar-refractivity contribution is 7.22. The van der Waals surface area contributed by atoms with Crippen LogP contribution in [-0.4, -0.2) is 30.5 Å². The molecule has 0 spiro atoms. The van der Waals surface area contributed by atoms with E-state index < -0.39 is 5.82 Å². The lowest BCUT2D eigenvalue weighted by molar-refractivity contribution is 0.0945. The van der Waals surface area contributed by atoms with E-state index >= 15 is 0 Å². The van der Waals surface area contributed by atoms with Crippen LogP contribution in [0.4, 0.5) is 9.52 Å². The van der Waals surface area contributed by atoms with E-state index in [1.807, 2.05) is 18.2 Å². The summed E-state index contributed by atoms with van der Waals surface area (Å²) in [6.45, 7) is 2.45. The number of hydrogen-bond acceptors (Lipinski definition) is 4. The van der Waals surface area contributed by atoms with Gasteiger partial charge in [0.25, 0.3) is 5.91 Å². The van der Waals surface area contributed by atoms with Gasteiger partial charge < -0.3 is 10.2 Å². The van der Waals surface area contributed by atoms with Crippen LogP contribution in [0.3, 0.4) is 0 Å². The molecular formula is C20H19ClFN3OS. The maximum Gasteiger partial charge on any atom is 0.252 e. The van der Waals surface area contributed by atoms with Gasteiger partial charge in [0.05, 0.1) is 20.8 Å². The second kappa shape index (κ2) is 7.82. The molecule has 1 aliphatic heterocycles. The second-order valence-corrected chi connectivity index (χ2v) is 8.15. The predicted octanol–water partition coefficient (Wildman–Crippen LogP) is 4.74. The summed E-state index contributed by atoms with van der Waals surface area (Å²) in [6, 6.07) is 12.0. The predicted molar refractivity (Wildman–Crippen MR) is 108 cm³/mol. The standard InChI is InChI=1S/C20H19ClFN3OS/c21-16-11-14(22)5-6-15(16)19(26)23-12-13-7-9-25(10-8-13)20-24-17-3-1-2-4-18(17)27-20/h1-6,11,13H,7-10,12H2,(H,23,26). The van der Waals surface area contributed by atoms with Gasteiger partial charge in [0.15, 0.2) is 5.13 Å². The molecule has 1 amide bonds. The highest BCUT2D eigenvalue weighted by Crippen LogP contribution is 2.31. The minimum absolute atomic E-state index is 0.137. The van der Waals surface area contributed by atoms with E-state index in [-0.39, 0.29) is 10.9 Å². The summed E-state index contributed by atoms with van der Waals surface area (Å²) < 4.78 is 14.3. The zero-order chi connectivity index (χ0) is 18.8. The number of carbonyl (C=O) groups is 1. The summed E-state index contributed by atoms with van der Waals surface area (Å²) in [5.74, 6) is -0.286. The van der Waals surface area contributed by atoms with Crippen molar-refractivity contribution in [1.29, 1.82) is 0 Å². The summed E-state index contributed by atoms with van der Waals surface area (Å²) in [4.78, 5) is 19.3. The average Bonchev–Trinajstić information content (AvgIpc) is 3.11. The van der Waals surface area contributed by atoms with E-state index in [4.69, 9.17) is 16.6 Å². The number of carbonyl (C=O) groups excluding carboxylic acids is 1. The van der Waals surface area contributed by atoms with Gasteiger partial charge in [-0.25, -0.2) is 9.37 Å². The van der Waals surface area contributed by atoms with Crippen LogP contribution in [-0.2, 0) is 0 Å². The first-order valence-electron chi connectivity index (χ1n) is 8.94. The third kappa shape index (κ3) is 4.06. The number of rotatable bonds is 4. The monoisotopic (exact) mass is 403 g/mol. The summed E-state index contributed by atoms with van der Waals surface area (Å²) in [5.41, 5.74) is 1.35. The van der Waals surface area contributed by atoms with Gasteiger partial charge in [-0.05, 0) is 49.1 Å². The fourth-order valence-electron chi connectivity index (χ4n) is 3.33. The van der Waals surface area contributed by atoms with E-state index in [1.54, 1.807) is 11.3 Å². The van der Waals surface area contributed by atoms with Crippen LogP contribution >= 0.6 is 22.9 Å². The fraction of sp³-hybridized carbons (Fsp3) is 0.300. The fourth-order valence-corrected chi connectivity index (χ4v) is 4.60. The van der Waals surface area contributed by atoms with Crippen LogP contribution < -0.4 is 10.2 Å². The number of piperidine rings is 1. The van der Waals surface area contributed by atoms with Gasteiger partial charge >= 0.3 is 0 Å². The number of para-hydroxylation sites is 1. The maximum atomic E-state index is 13.1. The number of anilines is 1. The number of amides is 1. The zero-order valence-electron chi connectivity index (χ0n) is 14.6. The molecule has 4 nitrogen and oxygen atoms in total. The topological polar surface area (TPSA) is 45.2 Å². The molecule has 3 aromatic rings. The number of nitrogens with zero attached hydrogens (tertiary/aromatic N) is 2. The highest BCUT2D eigenvalue weighted by atomic mass is 35.5. The molecule has 1 fully saturated rings. The first-order valence-corrected chi connectivity index (χ1v) is 10.1. The normalized spacial score (nSPS) is 15.3. The molecule has 0 saturated carbocycles. The highest BCUT2D eigenvalue weighted by Gasteiger charge is 2.22. The Morgan fingerprint density at radius 1 is 1.26 bits per heavy atom. The molecule has 140 valence electrons. The van der Waals surface area contributed by atoms with Crippen molar-refractivity contribution in [2.45, 2.75) is 12.8 Å². The van der Waals surface area contributed by atoms with Crippen molar-refractivity contribution in [2.75, 3.05) is 24.5 Å². The van der Waals surface area contributed by atoms with Crippen molar-refractivity contribution >= 4 is 44.2 Å². The van der Waals surface area contributed by atoms with E-state index in [9.17, 15) is 9.18 Å². The molecule has 1 aliphatic rings. The first-order chi connectivity index (χ1) is 13.1. The van der Waals surface area contributed by atoms with Crippen molar-refractivity contribution in [1.82, 2.24) is 10.3 Å². The van der Waals surface area contributed by atoms with E-state index in [0.29, 0.717) is 18.0 Å². The third-order valence-electron chi connectivity index (χ3n) is 4.89. The summed E-state index contributed by atoms with van der Waals surface area (Å²) in [6.07, 6.45) is 1.99. The number of thiazole rings is 1. The molecule has 2 heterocycles. The molecule has 27 heavy (non-hydrogen) atoms. The Morgan fingerprint density at radius 3 is 2.78 bits per heavy atom. The van der Waals surface area contributed by atoms with Crippen LogP contribution in [0.15, 0.2) is 42.5 Å². The van der Waals surface area contributed by atoms with Crippen molar-refractivity contribution in [3.8, 4) is 0 Å². The van der Waals surface area contributed by atoms with E-state index in [0.717, 1.165) is 42.6 Å². The lowest BCUT2D eigenvalue weighted by Crippen LogP contribution is -2.38. The molecule has 0 unspecified atom stereocenters. The Balaban J connectivity index is 1.31. The molecule has 7 heteroatoms. The largest absolute Gasteiger partial charge is 0.352 e. The van der Waals surface area contributed by atoms with Crippen molar-refractivity contribution < 1.29 is 9.18 Å². The SMILES string of the molecule is O=C(NCC1CCN(c2nc3ccccc3s2)CC1)c1ccc(F)cc1Cl. The molecule has 0 bridgehead atoms. The van der Waals surface area contributed by atoms with Gasteiger partial charge in [0, 0.05) is 19.6 Å². The molecule has 1 saturated heterocycles.